The summed E-state index contributed by atoms with van der Waals surface area (Å²) in [6.45, 7) is 1.39. The molecule has 204 valence electrons. The monoisotopic (exact) mass is 543 g/mol. The Balaban J connectivity index is 1.47. The maximum Gasteiger partial charge on any atom is 0.529 e. The number of allylic oxidation sites excluding steroid dienone is 1. The molecule has 1 aliphatic heterocycles. The fraction of sp³-hybridized carbons (Fsp3) is 0.550. The van der Waals surface area contributed by atoms with Crippen molar-refractivity contribution in [3.8, 4) is 0 Å². The van der Waals surface area contributed by atoms with Crippen molar-refractivity contribution >= 4 is 36.7 Å². The number of amides is 1. The van der Waals surface area contributed by atoms with Gasteiger partial charge in [0.2, 0.25) is 5.91 Å². The van der Waals surface area contributed by atoms with E-state index in [9.17, 15) is 29.3 Å². The van der Waals surface area contributed by atoms with Gasteiger partial charge in [-0.05, 0) is 32.3 Å². The van der Waals surface area contributed by atoms with Crippen LogP contribution in [0, 0.1) is 0 Å². The Morgan fingerprint density at radius 2 is 2.05 bits per heavy atom. The highest BCUT2D eigenvalue weighted by molar-refractivity contribution is 7.48. The van der Waals surface area contributed by atoms with E-state index in [0.717, 1.165) is 0 Å². The number of hydrogen-bond donors (Lipinski definition) is 6. The van der Waals surface area contributed by atoms with E-state index in [1.54, 1.807) is 13.0 Å². The van der Waals surface area contributed by atoms with Crippen molar-refractivity contribution in [1.82, 2.24) is 24.8 Å². The highest BCUT2D eigenvalue weighted by Gasteiger charge is 2.45. The number of nitrogens with zero attached hydrogens (tertiary/aromatic N) is 4. The minimum atomic E-state index is -4.92. The molecule has 0 aliphatic carbocycles. The van der Waals surface area contributed by atoms with Gasteiger partial charge in [0.1, 0.15) is 36.2 Å². The summed E-state index contributed by atoms with van der Waals surface area (Å²) in [7, 11) is -4.92. The maximum absolute atomic E-state index is 12.2. The Labute approximate surface area is 211 Å². The lowest BCUT2D eigenvalue weighted by Crippen LogP contribution is -2.34. The number of carbonyl (C=O) groups is 2. The largest absolute Gasteiger partial charge is 0.529 e. The van der Waals surface area contributed by atoms with Crippen LogP contribution in [0.2, 0.25) is 0 Å². The Kier molecular flexibility index (Phi) is 9.67. The van der Waals surface area contributed by atoms with E-state index in [1.807, 2.05) is 0 Å². The molecule has 3 rings (SSSR count). The quantitative estimate of drug-likeness (QED) is 0.105. The van der Waals surface area contributed by atoms with Gasteiger partial charge in [0.25, 0.3) is 0 Å². The highest BCUT2D eigenvalue weighted by Crippen LogP contribution is 2.45. The van der Waals surface area contributed by atoms with Crippen LogP contribution >= 0.6 is 7.82 Å². The predicted molar refractivity (Wildman–Crippen MR) is 127 cm³/mol. The molecular formula is C20H30N7O9P. The molecule has 0 spiro atoms. The van der Waals surface area contributed by atoms with E-state index in [0.29, 0.717) is 19.4 Å². The first kappa shape index (κ1) is 28.6. The third kappa shape index (κ3) is 7.29. The van der Waals surface area contributed by atoms with Gasteiger partial charge >= 0.3 is 13.8 Å². The smallest absolute Gasteiger partial charge is 0.387 e. The van der Waals surface area contributed by atoms with Crippen molar-refractivity contribution in [3.05, 3.63) is 24.8 Å². The number of fused-ring (bicyclic) bond motifs is 1. The summed E-state index contributed by atoms with van der Waals surface area (Å²) in [5.74, 6) is -1.29. The molecule has 3 heterocycles. The van der Waals surface area contributed by atoms with Crippen molar-refractivity contribution in [1.29, 1.82) is 0 Å². The number of phosphoric acid groups is 1. The van der Waals surface area contributed by atoms with Gasteiger partial charge in [0.15, 0.2) is 17.7 Å². The third-order valence-electron chi connectivity index (χ3n) is 5.47. The zero-order valence-electron chi connectivity index (χ0n) is 19.9. The standard InChI is InChI=1S/C20H30N7O9P/c1-2-5-13(28)23-7-4-3-6-11(21)20(31)36-37(32,33)34-8-12-15(29)16(30)19(35-12)27-10-26-14-17(22)24-9-25-18(14)27/h2,5,9-12,15-16,19,29-30H,3-4,6-8,21H2,1H3,(H,23,28)(H,32,33)(H2,22,24,25)/b5-2+/t11-,12-,15-,16-,19-/m1/s1. The third-order valence-corrected chi connectivity index (χ3v) is 6.35. The SMILES string of the molecule is C/C=C/C(=O)NCCCC[C@@H](N)C(=O)OP(=O)(O)OC[C@H]1O[C@@H](n2cnc3c(N)ncnc32)[C@H](O)[C@@H]1O. The number of aliphatic hydroxyl groups is 2. The van der Waals surface area contributed by atoms with Crippen LogP contribution in [0.25, 0.3) is 11.2 Å². The molecule has 1 amide bonds. The molecule has 17 heteroatoms. The van der Waals surface area contributed by atoms with Crippen LogP contribution in [0.4, 0.5) is 5.82 Å². The summed E-state index contributed by atoms with van der Waals surface area (Å²) >= 11 is 0. The molecule has 6 atom stereocenters. The van der Waals surface area contributed by atoms with Crippen molar-refractivity contribution in [3.63, 3.8) is 0 Å². The number of aliphatic hydroxyl groups excluding tert-OH is 2. The van der Waals surface area contributed by atoms with Crippen LogP contribution in [0.15, 0.2) is 24.8 Å². The Bertz CT molecular complexity index is 1180. The molecule has 0 saturated carbocycles. The number of nitrogens with two attached hydrogens (primary N) is 2. The van der Waals surface area contributed by atoms with Gasteiger partial charge in [-0.15, -0.1) is 0 Å². The number of aromatic nitrogens is 4. The lowest BCUT2D eigenvalue weighted by Gasteiger charge is -2.18. The van der Waals surface area contributed by atoms with Crippen molar-refractivity contribution in [2.24, 2.45) is 5.73 Å². The molecule has 1 unspecified atom stereocenters. The van der Waals surface area contributed by atoms with Gasteiger partial charge in [-0.25, -0.2) is 24.3 Å². The number of rotatable bonds is 12. The maximum atomic E-state index is 12.2. The van der Waals surface area contributed by atoms with E-state index in [2.05, 4.69) is 24.8 Å². The molecule has 8 N–H and O–H groups in total. The Hall–Kier alpha value is -2.98. The van der Waals surface area contributed by atoms with Gasteiger partial charge in [-0.1, -0.05) is 6.08 Å². The molecular weight excluding hydrogens is 513 g/mol. The van der Waals surface area contributed by atoms with Crippen LogP contribution in [0.1, 0.15) is 32.4 Å². The number of nitrogen functional groups attached to an aromatic ring is 1. The first-order chi connectivity index (χ1) is 17.5. The average molecular weight is 543 g/mol. The number of phosphoric ester groups is 1. The first-order valence-electron chi connectivity index (χ1n) is 11.4. The summed E-state index contributed by atoms with van der Waals surface area (Å²) in [6, 6.07) is -1.20. The Morgan fingerprint density at radius 3 is 2.78 bits per heavy atom. The molecule has 0 bridgehead atoms. The number of hydrogen-bond acceptors (Lipinski definition) is 13. The second-order valence-corrected chi connectivity index (χ2v) is 9.58. The van der Waals surface area contributed by atoms with Crippen molar-refractivity contribution in [2.75, 3.05) is 18.9 Å². The van der Waals surface area contributed by atoms with E-state index in [4.69, 9.17) is 20.7 Å². The second-order valence-electron chi connectivity index (χ2n) is 8.20. The number of ether oxygens (including phenoxy) is 1. The fourth-order valence-corrected chi connectivity index (χ4v) is 4.31. The summed E-state index contributed by atoms with van der Waals surface area (Å²) in [5.41, 5.74) is 12.0. The van der Waals surface area contributed by atoms with Crippen LogP contribution in [-0.4, -0.2) is 84.0 Å². The van der Waals surface area contributed by atoms with Gasteiger partial charge < -0.3 is 36.3 Å². The minimum absolute atomic E-state index is 0.106. The fourth-order valence-electron chi connectivity index (χ4n) is 3.56. The van der Waals surface area contributed by atoms with Crippen molar-refractivity contribution < 1.29 is 43.0 Å². The molecule has 1 saturated heterocycles. The van der Waals surface area contributed by atoms with Crippen molar-refractivity contribution in [2.45, 2.75) is 56.8 Å². The number of unbranched alkanes of at least 4 members (excludes halogenated alkanes) is 1. The first-order valence-corrected chi connectivity index (χ1v) is 12.8. The van der Waals surface area contributed by atoms with E-state index >= 15 is 0 Å². The zero-order chi connectivity index (χ0) is 27.2. The number of anilines is 1. The second kappa shape index (κ2) is 12.5. The summed E-state index contributed by atoms with van der Waals surface area (Å²) in [5, 5.41) is 23.4. The van der Waals surface area contributed by atoms with Crippen LogP contribution in [0.3, 0.4) is 0 Å². The lowest BCUT2D eigenvalue weighted by atomic mass is 10.1. The number of nitrogens with one attached hydrogen (secondary N) is 1. The minimum Gasteiger partial charge on any atom is -0.387 e. The van der Waals surface area contributed by atoms with Crippen LogP contribution in [0.5, 0.6) is 0 Å². The van der Waals surface area contributed by atoms with Crippen LogP contribution < -0.4 is 16.8 Å². The van der Waals surface area contributed by atoms with Crippen LogP contribution in [-0.2, 0) is 27.9 Å². The molecule has 0 radical (unpaired) electrons. The zero-order valence-corrected chi connectivity index (χ0v) is 20.8. The van der Waals surface area contributed by atoms with Gasteiger partial charge in [0, 0.05) is 6.54 Å². The molecule has 2 aromatic heterocycles. The molecule has 1 fully saturated rings. The average Bonchev–Trinajstić information content (AvgIpc) is 3.39. The topological polar surface area (TPSA) is 247 Å². The molecule has 37 heavy (non-hydrogen) atoms. The highest BCUT2D eigenvalue weighted by atomic mass is 31.2. The predicted octanol–water partition coefficient (Wildman–Crippen LogP) is -1.12. The van der Waals surface area contributed by atoms with Gasteiger partial charge in [0.05, 0.1) is 12.9 Å². The summed E-state index contributed by atoms with van der Waals surface area (Å²) in [4.78, 5) is 45.3. The van der Waals surface area contributed by atoms with E-state index in [-0.39, 0.29) is 29.3 Å². The number of imidazole rings is 1. The van der Waals surface area contributed by atoms with E-state index in [1.165, 1.54) is 23.3 Å². The normalized spacial score (nSPS) is 24.2. The molecule has 0 aromatic carbocycles. The van der Waals surface area contributed by atoms with E-state index < -0.39 is 51.0 Å². The summed E-state index contributed by atoms with van der Waals surface area (Å²) < 4.78 is 28.5. The van der Waals surface area contributed by atoms with Gasteiger partial charge in [-0.2, -0.15) is 0 Å². The molecule has 1 aliphatic rings. The molecule has 2 aromatic rings. The van der Waals surface area contributed by atoms with Gasteiger partial charge in [-0.3, -0.25) is 18.8 Å². The molecule has 16 nitrogen and oxygen atoms in total. The number of carbonyl (C=O) groups excluding carboxylic acids is 2. The Morgan fingerprint density at radius 1 is 1.30 bits per heavy atom. The lowest BCUT2D eigenvalue weighted by molar-refractivity contribution is -0.138. The summed E-state index contributed by atoms with van der Waals surface area (Å²) in [6.07, 6.45) is 1.16.